The Labute approximate surface area is 425 Å². The maximum Gasteiger partial charge on any atom is 0.222 e. The van der Waals surface area contributed by atoms with Gasteiger partial charge < -0.3 is 20.2 Å². The normalized spacial score (nSPS) is 16.0. The second-order valence-electron chi connectivity index (χ2n) is 21.8. The fraction of sp³-hybridized carbons (Fsp3) is 0.903. The monoisotopic (exact) mass is 954 g/mol. The molecule has 0 aromatic rings. The fourth-order valence-corrected chi connectivity index (χ4v) is 10.7. The Morgan fingerprint density at radius 2 is 0.765 bits per heavy atom. The summed E-state index contributed by atoms with van der Waals surface area (Å²) in [5, 5.41) is 14.4. The molecule has 0 unspecified atom stereocenters. The Morgan fingerprint density at radius 1 is 0.456 bits per heavy atom. The number of unbranched alkanes of at least 4 members (excludes halogenated alkanes) is 34. The van der Waals surface area contributed by atoms with Gasteiger partial charge in [0.25, 0.3) is 0 Å². The van der Waals surface area contributed by atoms with Crippen LogP contribution in [0.15, 0.2) is 25.3 Å². The van der Waals surface area contributed by atoms with E-state index in [1.165, 1.54) is 212 Å². The Morgan fingerprint density at radius 3 is 1.13 bits per heavy atom. The minimum atomic E-state index is -0.137. The molecule has 0 aromatic heterocycles. The summed E-state index contributed by atoms with van der Waals surface area (Å²) < 4.78 is 0. The van der Waals surface area contributed by atoms with E-state index in [-0.39, 0.29) is 11.6 Å². The van der Waals surface area contributed by atoms with E-state index in [1.54, 1.807) is 0 Å². The van der Waals surface area contributed by atoms with Crippen molar-refractivity contribution in [3.63, 3.8) is 0 Å². The summed E-state index contributed by atoms with van der Waals surface area (Å²) in [6.45, 7) is 17.1. The van der Waals surface area contributed by atoms with Crippen molar-refractivity contribution in [2.75, 3.05) is 32.7 Å². The standard InChI is InChI=1S/C62H119N3O3/c1-5-9-13-17-21-25-35-43-55-64(56-44-36-26-22-18-14-10-6-2)60(67)47-39-31-29-33-41-51-62(52-49-59(66)50-53-62)63-54-42-34-30-32-40-48-61(68)65(57-45-37-27-23-19-15-11-7-3)58-46-38-28-24-20-16-12-8-4/h7-8,59,63,66H,3-6,9-58H2,1-2H3. The first kappa shape index (κ1) is 64.4. The van der Waals surface area contributed by atoms with Crippen molar-refractivity contribution in [3.05, 3.63) is 25.3 Å². The van der Waals surface area contributed by atoms with Gasteiger partial charge >= 0.3 is 0 Å². The largest absolute Gasteiger partial charge is 0.393 e. The first-order chi connectivity index (χ1) is 33.4. The molecular formula is C62H119N3O3. The molecule has 1 aliphatic rings. The van der Waals surface area contributed by atoms with Gasteiger partial charge in [-0.3, -0.25) is 9.59 Å². The van der Waals surface area contributed by atoms with Gasteiger partial charge in [-0.2, -0.15) is 0 Å². The third kappa shape index (κ3) is 39.0. The van der Waals surface area contributed by atoms with Crippen molar-refractivity contribution in [2.24, 2.45) is 0 Å². The van der Waals surface area contributed by atoms with Crippen LogP contribution in [-0.2, 0) is 9.59 Å². The van der Waals surface area contributed by atoms with Gasteiger partial charge in [0.2, 0.25) is 11.8 Å². The number of hydrogen-bond acceptors (Lipinski definition) is 4. The van der Waals surface area contributed by atoms with Crippen LogP contribution in [0.25, 0.3) is 0 Å². The first-order valence-corrected chi connectivity index (χ1v) is 30.6. The van der Waals surface area contributed by atoms with Crippen LogP contribution in [0.4, 0.5) is 0 Å². The van der Waals surface area contributed by atoms with E-state index >= 15 is 0 Å². The number of carbonyl (C=O) groups excluding carboxylic acids is 2. The number of aliphatic hydroxyl groups is 1. The van der Waals surface area contributed by atoms with Crippen molar-refractivity contribution in [3.8, 4) is 0 Å². The zero-order chi connectivity index (χ0) is 49.3. The molecule has 0 aliphatic heterocycles. The molecule has 0 saturated heterocycles. The second-order valence-corrected chi connectivity index (χ2v) is 21.8. The molecule has 0 aromatic carbocycles. The van der Waals surface area contributed by atoms with Crippen molar-refractivity contribution in [1.29, 1.82) is 0 Å². The van der Waals surface area contributed by atoms with E-state index in [2.05, 4.69) is 42.1 Å². The number of carbonyl (C=O) groups is 2. The molecule has 6 nitrogen and oxygen atoms in total. The van der Waals surface area contributed by atoms with Crippen molar-refractivity contribution >= 4 is 11.8 Å². The van der Waals surface area contributed by atoms with Gasteiger partial charge in [-0.1, -0.05) is 212 Å². The Kier molecular flexibility index (Phi) is 46.3. The van der Waals surface area contributed by atoms with Crippen LogP contribution in [0.1, 0.15) is 316 Å². The average molecular weight is 955 g/mol. The summed E-state index contributed by atoms with van der Waals surface area (Å²) in [7, 11) is 0. The van der Waals surface area contributed by atoms with Crippen LogP contribution in [0.3, 0.4) is 0 Å². The van der Waals surface area contributed by atoms with Gasteiger partial charge in [-0.15, -0.1) is 13.2 Å². The molecule has 1 saturated carbocycles. The summed E-state index contributed by atoms with van der Waals surface area (Å²) in [4.78, 5) is 31.3. The number of nitrogens with one attached hydrogen (secondary N) is 1. The van der Waals surface area contributed by atoms with Gasteiger partial charge in [-0.05, 0) is 109 Å². The quantitative estimate of drug-likeness (QED) is 0.0471. The zero-order valence-electron chi connectivity index (χ0n) is 46.1. The number of amides is 2. The number of allylic oxidation sites excluding steroid dienone is 2. The molecule has 0 bridgehead atoms. The van der Waals surface area contributed by atoms with Crippen LogP contribution in [0, 0.1) is 0 Å². The second kappa shape index (κ2) is 48.9. The number of nitrogens with zero attached hydrogens (tertiary/aromatic N) is 2. The van der Waals surface area contributed by atoms with Gasteiger partial charge in [0.05, 0.1) is 6.10 Å². The van der Waals surface area contributed by atoms with Gasteiger partial charge in [0.15, 0.2) is 0 Å². The highest BCUT2D eigenvalue weighted by Crippen LogP contribution is 2.33. The molecule has 1 fully saturated rings. The van der Waals surface area contributed by atoms with Crippen LogP contribution in [0.2, 0.25) is 0 Å². The van der Waals surface area contributed by atoms with E-state index in [9.17, 15) is 14.7 Å². The van der Waals surface area contributed by atoms with E-state index in [4.69, 9.17) is 0 Å². The summed E-state index contributed by atoms with van der Waals surface area (Å²) in [5.74, 6) is 0.795. The summed E-state index contributed by atoms with van der Waals surface area (Å²) >= 11 is 0. The topological polar surface area (TPSA) is 72.9 Å². The van der Waals surface area contributed by atoms with Gasteiger partial charge in [0.1, 0.15) is 0 Å². The Bertz CT molecular complexity index is 1070. The van der Waals surface area contributed by atoms with Crippen molar-refractivity contribution < 1.29 is 14.7 Å². The van der Waals surface area contributed by atoms with Gasteiger partial charge in [0, 0.05) is 44.6 Å². The van der Waals surface area contributed by atoms with E-state index in [1.807, 2.05) is 12.2 Å². The molecule has 0 radical (unpaired) electrons. The molecule has 0 heterocycles. The van der Waals surface area contributed by atoms with E-state index in [0.717, 1.165) is 116 Å². The minimum absolute atomic E-state index is 0.137. The highest BCUT2D eigenvalue weighted by molar-refractivity contribution is 5.76. The first-order valence-electron chi connectivity index (χ1n) is 30.6. The zero-order valence-corrected chi connectivity index (χ0v) is 46.1. The van der Waals surface area contributed by atoms with E-state index in [0.29, 0.717) is 18.2 Å². The molecule has 1 rings (SSSR count). The lowest BCUT2D eigenvalue weighted by Crippen LogP contribution is -2.49. The molecule has 2 amide bonds. The molecule has 2 N–H and O–H groups in total. The molecule has 0 spiro atoms. The van der Waals surface area contributed by atoms with Crippen molar-refractivity contribution in [1.82, 2.24) is 15.1 Å². The highest BCUT2D eigenvalue weighted by Gasteiger charge is 2.33. The molecule has 6 heteroatoms. The summed E-state index contributed by atoms with van der Waals surface area (Å²) in [6.07, 6.45) is 60.6. The number of rotatable bonds is 53. The van der Waals surface area contributed by atoms with E-state index < -0.39 is 0 Å². The third-order valence-electron chi connectivity index (χ3n) is 15.5. The van der Waals surface area contributed by atoms with Crippen LogP contribution >= 0.6 is 0 Å². The molecule has 0 atom stereocenters. The minimum Gasteiger partial charge on any atom is -0.393 e. The van der Waals surface area contributed by atoms with Crippen LogP contribution < -0.4 is 5.32 Å². The number of aliphatic hydroxyl groups excluding tert-OH is 1. The molecule has 1 aliphatic carbocycles. The summed E-state index contributed by atoms with van der Waals surface area (Å²) in [5.41, 5.74) is 0.174. The Hall–Kier alpha value is -1.66. The predicted octanol–water partition coefficient (Wildman–Crippen LogP) is 18.1. The summed E-state index contributed by atoms with van der Waals surface area (Å²) in [6, 6.07) is 0. The predicted molar refractivity (Wildman–Crippen MR) is 299 cm³/mol. The molecular weight excluding hydrogens is 835 g/mol. The molecule has 68 heavy (non-hydrogen) atoms. The van der Waals surface area contributed by atoms with Crippen molar-refractivity contribution in [2.45, 2.75) is 327 Å². The maximum atomic E-state index is 13.5. The average Bonchev–Trinajstić information content (AvgIpc) is 3.34. The number of hydrogen-bond donors (Lipinski definition) is 2. The molecule has 400 valence electrons. The maximum absolute atomic E-state index is 13.5. The fourth-order valence-electron chi connectivity index (χ4n) is 10.7. The lowest BCUT2D eigenvalue weighted by molar-refractivity contribution is -0.132. The van der Waals surface area contributed by atoms with Crippen LogP contribution in [-0.4, -0.2) is 71.1 Å². The highest BCUT2D eigenvalue weighted by atomic mass is 16.3. The SMILES string of the molecule is C=CCCCCCCCCN(CCCCCCCCC=C)C(=O)CCCCCCCNC1(CCCCCCCC(=O)N(CCCCCCCCCC)CCCCCCCCCC)CCC(O)CC1. The lowest BCUT2D eigenvalue weighted by Gasteiger charge is -2.40. The van der Waals surface area contributed by atoms with Crippen LogP contribution in [0.5, 0.6) is 0 Å². The lowest BCUT2D eigenvalue weighted by atomic mass is 9.77. The smallest absolute Gasteiger partial charge is 0.222 e. The Balaban J connectivity index is 2.40. The third-order valence-corrected chi connectivity index (χ3v) is 15.5. The van der Waals surface area contributed by atoms with Gasteiger partial charge in [-0.25, -0.2) is 0 Å².